The predicted octanol–water partition coefficient (Wildman–Crippen LogP) is 4.48. The molecule has 0 fully saturated rings. The smallest absolute Gasteiger partial charge is 0.251 e. The molecule has 1 N–H and O–H groups in total. The lowest BCUT2D eigenvalue weighted by Crippen LogP contribution is -2.50. The Bertz CT molecular complexity index is 1610. The number of rotatable bonds is 7. The van der Waals surface area contributed by atoms with Crippen LogP contribution in [0, 0.1) is 6.92 Å². The highest BCUT2D eigenvalue weighted by Gasteiger charge is 2.35. The van der Waals surface area contributed by atoms with Gasteiger partial charge < -0.3 is 9.73 Å². The highest BCUT2D eigenvalue weighted by molar-refractivity contribution is 6.07. The van der Waals surface area contributed by atoms with Crippen LogP contribution in [0.25, 0.3) is 22.4 Å². The van der Waals surface area contributed by atoms with Crippen LogP contribution in [-0.2, 0) is 16.1 Å². The van der Waals surface area contributed by atoms with E-state index >= 15 is 0 Å². The second kappa shape index (κ2) is 10.5. The Kier molecular flexibility index (Phi) is 6.93. The number of tetrazole rings is 1. The van der Waals surface area contributed by atoms with E-state index in [1.807, 2.05) is 70.2 Å². The first-order chi connectivity index (χ1) is 18.7. The van der Waals surface area contributed by atoms with Gasteiger partial charge in [0.15, 0.2) is 5.76 Å². The van der Waals surface area contributed by atoms with Gasteiger partial charge in [-0.1, -0.05) is 36.4 Å². The van der Waals surface area contributed by atoms with Crippen LogP contribution in [-0.4, -0.2) is 42.5 Å². The number of aromatic nitrogens is 5. The molecule has 0 aliphatic heterocycles. The van der Waals surface area contributed by atoms with Crippen molar-refractivity contribution in [3.8, 4) is 11.6 Å². The lowest BCUT2D eigenvalue weighted by atomic mass is 10.00. The molecule has 0 aliphatic carbocycles. The Hall–Kier alpha value is -4.86. The van der Waals surface area contributed by atoms with Gasteiger partial charge in [-0.2, -0.15) is 4.80 Å². The number of fused-ring (bicyclic) bond motifs is 1. The number of hydrogen-bond donors (Lipinski definition) is 1. The van der Waals surface area contributed by atoms with Crippen molar-refractivity contribution in [2.75, 3.05) is 4.90 Å². The van der Waals surface area contributed by atoms with E-state index in [-0.39, 0.29) is 18.3 Å². The maximum absolute atomic E-state index is 14.2. The highest BCUT2D eigenvalue weighted by Crippen LogP contribution is 2.34. The van der Waals surface area contributed by atoms with E-state index in [0.29, 0.717) is 22.8 Å². The summed E-state index contributed by atoms with van der Waals surface area (Å²) < 4.78 is 5.59. The number of furan rings is 1. The highest BCUT2D eigenvalue weighted by atomic mass is 16.3. The molecule has 0 unspecified atom stereocenters. The number of nitrogens with one attached hydrogen (secondary N) is 1. The topological polar surface area (TPSA) is 119 Å². The molecule has 10 heteroatoms. The van der Waals surface area contributed by atoms with Gasteiger partial charge in [0, 0.05) is 23.3 Å². The average molecular weight is 524 g/mol. The molecule has 10 nitrogen and oxygen atoms in total. The molecule has 5 aromatic rings. The molecular formula is C29H29N7O3. The molecule has 39 heavy (non-hydrogen) atoms. The molecule has 3 aromatic heterocycles. The fourth-order valence-corrected chi connectivity index (χ4v) is 4.40. The third-order valence-corrected chi connectivity index (χ3v) is 6.01. The van der Waals surface area contributed by atoms with Gasteiger partial charge in [0.25, 0.3) is 5.91 Å². The fourth-order valence-electron chi connectivity index (χ4n) is 4.40. The maximum Gasteiger partial charge on any atom is 0.251 e. The van der Waals surface area contributed by atoms with Crippen LogP contribution in [0.4, 0.5) is 5.69 Å². The number of carbonyl (C=O) groups is 2. The molecule has 1 atom stereocenters. The van der Waals surface area contributed by atoms with Crippen molar-refractivity contribution < 1.29 is 14.0 Å². The van der Waals surface area contributed by atoms with Crippen molar-refractivity contribution in [1.29, 1.82) is 0 Å². The molecule has 2 aromatic carbocycles. The summed E-state index contributed by atoms with van der Waals surface area (Å²) in [5, 5.41) is 17.3. The van der Waals surface area contributed by atoms with Crippen LogP contribution in [0.2, 0.25) is 0 Å². The molecule has 0 saturated heterocycles. The van der Waals surface area contributed by atoms with Crippen LogP contribution >= 0.6 is 0 Å². The van der Waals surface area contributed by atoms with Gasteiger partial charge in [0.2, 0.25) is 11.7 Å². The van der Waals surface area contributed by atoms with E-state index in [9.17, 15) is 9.59 Å². The molecular weight excluding hydrogens is 494 g/mol. The Balaban J connectivity index is 1.61. The molecule has 2 amide bonds. The van der Waals surface area contributed by atoms with E-state index in [4.69, 9.17) is 4.42 Å². The van der Waals surface area contributed by atoms with Gasteiger partial charge in [-0.3, -0.25) is 19.5 Å². The van der Waals surface area contributed by atoms with Crippen molar-refractivity contribution in [3.05, 3.63) is 90.4 Å². The maximum atomic E-state index is 14.2. The first-order valence-corrected chi connectivity index (χ1v) is 12.6. The number of amides is 2. The Morgan fingerprint density at radius 2 is 1.74 bits per heavy atom. The summed E-state index contributed by atoms with van der Waals surface area (Å²) in [5.74, 6) is 0.717. The van der Waals surface area contributed by atoms with Gasteiger partial charge >= 0.3 is 0 Å². The van der Waals surface area contributed by atoms with Crippen LogP contribution < -0.4 is 10.2 Å². The van der Waals surface area contributed by atoms with E-state index in [0.717, 1.165) is 10.8 Å². The number of pyridine rings is 1. The normalized spacial score (nSPS) is 12.3. The number of nitrogens with zero attached hydrogens (tertiary/aromatic N) is 6. The first-order valence-electron chi connectivity index (χ1n) is 12.6. The van der Waals surface area contributed by atoms with Crippen molar-refractivity contribution in [2.24, 2.45) is 0 Å². The van der Waals surface area contributed by atoms with Crippen LogP contribution in [0.15, 0.2) is 83.5 Å². The SMILES string of the molecule is Cc1ccc(-c2nnn(CC(=O)N(c3cccc4ccccc34)[C@@H](C(=O)NC(C)(C)C)c3ccncc3)n2)o1. The summed E-state index contributed by atoms with van der Waals surface area (Å²) in [4.78, 5) is 34.9. The molecule has 5 rings (SSSR count). The van der Waals surface area contributed by atoms with Crippen LogP contribution in [0.5, 0.6) is 0 Å². The van der Waals surface area contributed by atoms with Crippen LogP contribution in [0.1, 0.15) is 38.1 Å². The van der Waals surface area contributed by atoms with Crippen LogP contribution in [0.3, 0.4) is 0 Å². The summed E-state index contributed by atoms with van der Waals surface area (Å²) in [6.07, 6.45) is 3.21. The molecule has 0 saturated carbocycles. The first kappa shape index (κ1) is 25.8. The van der Waals surface area contributed by atoms with E-state index in [1.54, 1.807) is 36.7 Å². The molecule has 0 radical (unpaired) electrons. The van der Waals surface area contributed by atoms with Gasteiger partial charge in [-0.25, -0.2) is 0 Å². The summed E-state index contributed by atoms with van der Waals surface area (Å²) in [6.45, 7) is 7.27. The summed E-state index contributed by atoms with van der Waals surface area (Å²) in [7, 11) is 0. The average Bonchev–Trinajstić information content (AvgIpc) is 3.55. The summed E-state index contributed by atoms with van der Waals surface area (Å²) in [5.41, 5.74) is 0.677. The minimum Gasteiger partial charge on any atom is -0.458 e. The number of hydrogen-bond acceptors (Lipinski definition) is 7. The standard InChI is InChI=1S/C29H29N7O3/c1-19-12-13-24(39-19)27-32-34-35(33-27)18-25(37)36(23-11-7-9-20-8-5-6-10-22(20)23)26(21-14-16-30-17-15-21)28(38)31-29(2,3)4/h5-17,26H,18H2,1-4H3,(H,31,38)/t26-/m1/s1. The van der Waals surface area contributed by atoms with Gasteiger partial charge in [0.05, 0.1) is 5.69 Å². The minimum absolute atomic E-state index is 0.250. The van der Waals surface area contributed by atoms with Crippen molar-refractivity contribution >= 4 is 28.3 Å². The predicted molar refractivity (Wildman–Crippen MR) is 147 cm³/mol. The van der Waals surface area contributed by atoms with E-state index in [2.05, 4.69) is 25.7 Å². The number of benzene rings is 2. The second-order valence-electron chi connectivity index (χ2n) is 10.2. The molecule has 0 bridgehead atoms. The van der Waals surface area contributed by atoms with Crippen molar-refractivity contribution in [3.63, 3.8) is 0 Å². The second-order valence-corrected chi connectivity index (χ2v) is 10.2. The molecule has 0 aliphatic rings. The number of anilines is 1. The summed E-state index contributed by atoms with van der Waals surface area (Å²) in [6, 6.07) is 19.5. The monoisotopic (exact) mass is 523 g/mol. The van der Waals surface area contributed by atoms with Crippen molar-refractivity contribution in [1.82, 2.24) is 30.5 Å². The van der Waals surface area contributed by atoms with E-state index < -0.39 is 17.5 Å². The zero-order valence-electron chi connectivity index (χ0n) is 22.2. The zero-order valence-corrected chi connectivity index (χ0v) is 22.2. The minimum atomic E-state index is -0.985. The van der Waals surface area contributed by atoms with Gasteiger partial charge in [-0.15, -0.1) is 10.2 Å². The molecule has 198 valence electrons. The molecule has 3 heterocycles. The lowest BCUT2D eigenvalue weighted by Gasteiger charge is -2.34. The summed E-state index contributed by atoms with van der Waals surface area (Å²) >= 11 is 0. The lowest BCUT2D eigenvalue weighted by molar-refractivity contribution is -0.128. The number of aryl methyl sites for hydroxylation is 1. The largest absolute Gasteiger partial charge is 0.458 e. The van der Waals surface area contributed by atoms with Gasteiger partial charge in [0.1, 0.15) is 18.3 Å². The third kappa shape index (κ3) is 5.69. The Morgan fingerprint density at radius 1 is 1.00 bits per heavy atom. The van der Waals surface area contributed by atoms with Gasteiger partial charge in [-0.05, 0) is 74.2 Å². The fraction of sp³-hybridized carbons (Fsp3) is 0.241. The quantitative estimate of drug-likeness (QED) is 0.334. The Morgan fingerprint density at radius 3 is 2.46 bits per heavy atom. The molecule has 0 spiro atoms. The zero-order chi connectivity index (χ0) is 27.6. The van der Waals surface area contributed by atoms with Crippen molar-refractivity contribution in [2.45, 2.75) is 45.8 Å². The third-order valence-electron chi connectivity index (χ3n) is 6.01. The van der Waals surface area contributed by atoms with E-state index in [1.165, 1.54) is 9.70 Å². The Labute approximate surface area is 225 Å². The number of carbonyl (C=O) groups excluding carboxylic acids is 2.